The summed E-state index contributed by atoms with van der Waals surface area (Å²) in [5.74, 6) is -0.0237. The van der Waals surface area contributed by atoms with E-state index in [1.165, 1.54) is 353 Å². The van der Waals surface area contributed by atoms with Crippen LogP contribution in [0.2, 0.25) is 0 Å². The van der Waals surface area contributed by atoms with Crippen molar-refractivity contribution in [1.82, 2.24) is 5.32 Å². The number of carbonyl (C=O) groups excluding carboxylic acids is 2. The van der Waals surface area contributed by atoms with Crippen LogP contribution in [0.5, 0.6) is 0 Å². The second-order valence-electron chi connectivity index (χ2n) is 26.3. The van der Waals surface area contributed by atoms with Crippen LogP contribution >= 0.6 is 0 Å². The summed E-state index contributed by atoms with van der Waals surface area (Å²) in [7, 11) is 0. The summed E-state index contributed by atoms with van der Waals surface area (Å²) in [6, 6.07) is -0.548. The van der Waals surface area contributed by atoms with E-state index in [-0.39, 0.29) is 18.5 Å². The van der Waals surface area contributed by atoms with Gasteiger partial charge in [0.25, 0.3) is 0 Å². The zero-order chi connectivity index (χ0) is 59.9. The third-order valence-electron chi connectivity index (χ3n) is 18.0. The monoisotopic (exact) mass is 1170 g/mol. The molecule has 1 amide bonds. The van der Waals surface area contributed by atoms with Crippen LogP contribution in [0.3, 0.4) is 0 Å². The number of nitrogens with one attached hydrogen (secondary N) is 1. The van der Waals surface area contributed by atoms with Gasteiger partial charge in [-0.1, -0.05) is 366 Å². The summed E-state index contributed by atoms with van der Waals surface area (Å²) in [5, 5.41) is 23.5. The quantitative estimate of drug-likeness (QED) is 0.0320. The molecule has 83 heavy (non-hydrogen) atoms. The van der Waals surface area contributed by atoms with Crippen LogP contribution < -0.4 is 5.32 Å². The SMILES string of the molecule is CCCCCCCC/C=C\CCCCCCCCCCCC(=O)OCCCCCCCCCCCCCC/C=C\CCCCCCCCCC(=O)NC(CO)C(O)CCCCCCCCCCCCCCCCCCCCCCCCCC. The molecule has 0 radical (unpaired) electrons. The van der Waals surface area contributed by atoms with Crippen molar-refractivity contribution in [3.8, 4) is 0 Å². The largest absolute Gasteiger partial charge is 0.466 e. The number of rotatable bonds is 72. The minimum absolute atomic E-state index is 0.0124. The molecule has 0 bridgehead atoms. The zero-order valence-corrected chi connectivity index (χ0v) is 56.5. The Bertz CT molecular complexity index is 1300. The van der Waals surface area contributed by atoms with E-state index < -0.39 is 12.1 Å². The lowest BCUT2D eigenvalue weighted by Crippen LogP contribution is -2.45. The summed E-state index contributed by atoms with van der Waals surface area (Å²) >= 11 is 0. The molecular formula is C77H149NO5. The third kappa shape index (κ3) is 69.3. The summed E-state index contributed by atoms with van der Waals surface area (Å²) < 4.78 is 5.51. The first-order valence-electron chi connectivity index (χ1n) is 38.1. The van der Waals surface area contributed by atoms with E-state index in [0.717, 1.165) is 44.9 Å². The highest BCUT2D eigenvalue weighted by Gasteiger charge is 2.20. The Morgan fingerprint density at radius 1 is 0.325 bits per heavy atom. The number of aliphatic hydroxyl groups excluding tert-OH is 2. The lowest BCUT2D eigenvalue weighted by molar-refractivity contribution is -0.143. The second kappa shape index (κ2) is 72.8. The first kappa shape index (κ1) is 81.3. The van der Waals surface area contributed by atoms with Gasteiger partial charge in [-0.25, -0.2) is 0 Å². The predicted molar refractivity (Wildman–Crippen MR) is 366 cm³/mol. The Hall–Kier alpha value is -1.66. The standard InChI is InChI=1S/C77H149NO5/c1-3-5-7-9-11-13-15-17-19-21-23-24-25-27-30-34-37-41-45-49-53-57-61-65-69-75(80)74(73-79)78-76(81)70-66-62-58-54-50-46-42-38-35-31-28-26-29-32-36-40-44-48-52-56-60-64-68-72-83-77(82)71-67-63-59-55-51-47-43-39-33-22-20-18-16-14-12-10-8-6-4-2/h18,20,31,35,74-75,79-80H,3-17,19,21-30,32-34,36-73H2,1-2H3,(H,78,81)/b20-18-,35-31-. The van der Waals surface area contributed by atoms with Crippen molar-refractivity contribution in [1.29, 1.82) is 0 Å². The molecular weight excluding hydrogens is 1020 g/mol. The van der Waals surface area contributed by atoms with Crippen molar-refractivity contribution < 1.29 is 24.5 Å². The maximum Gasteiger partial charge on any atom is 0.305 e. The fourth-order valence-corrected chi connectivity index (χ4v) is 12.2. The van der Waals surface area contributed by atoms with Crippen LogP contribution in [0.4, 0.5) is 0 Å². The van der Waals surface area contributed by atoms with Crippen LogP contribution in [-0.4, -0.2) is 47.4 Å². The molecule has 0 aliphatic rings. The number of allylic oxidation sites excluding steroid dienone is 4. The molecule has 0 saturated heterocycles. The van der Waals surface area contributed by atoms with Crippen molar-refractivity contribution in [2.24, 2.45) is 0 Å². The van der Waals surface area contributed by atoms with Gasteiger partial charge in [-0.3, -0.25) is 9.59 Å². The van der Waals surface area contributed by atoms with E-state index in [9.17, 15) is 19.8 Å². The van der Waals surface area contributed by atoms with E-state index >= 15 is 0 Å². The van der Waals surface area contributed by atoms with E-state index in [0.29, 0.717) is 25.9 Å². The number of unbranched alkanes of at least 4 members (excludes halogenated alkanes) is 57. The Morgan fingerprint density at radius 2 is 0.566 bits per heavy atom. The molecule has 0 aromatic rings. The molecule has 3 N–H and O–H groups in total. The topological polar surface area (TPSA) is 95.9 Å². The second-order valence-corrected chi connectivity index (χ2v) is 26.3. The van der Waals surface area contributed by atoms with Gasteiger partial charge in [0, 0.05) is 12.8 Å². The van der Waals surface area contributed by atoms with Crippen molar-refractivity contribution in [3.63, 3.8) is 0 Å². The Labute approximate surface area is 520 Å². The van der Waals surface area contributed by atoms with Crippen LogP contribution in [0.25, 0.3) is 0 Å². The first-order valence-corrected chi connectivity index (χ1v) is 38.1. The van der Waals surface area contributed by atoms with Crippen LogP contribution in [0, 0.1) is 0 Å². The van der Waals surface area contributed by atoms with E-state index in [1.807, 2.05) is 0 Å². The first-order chi connectivity index (χ1) is 41.0. The molecule has 2 atom stereocenters. The van der Waals surface area contributed by atoms with E-state index in [4.69, 9.17) is 4.74 Å². The maximum atomic E-state index is 12.6. The van der Waals surface area contributed by atoms with Crippen LogP contribution in [-0.2, 0) is 14.3 Å². The van der Waals surface area contributed by atoms with Gasteiger partial charge in [0.05, 0.1) is 25.4 Å². The Morgan fingerprint density at radius 3 is 0.855 bits per heavy atom. The lowest BCUT2D eigenvalue weighted by Gasteiger charge is -2.22. The Kier molecular flexibility index (Phi) is 71.4. The number of amides is 1. The molecule has 0 aromatic heterocycles. The van der Waals surface area contributed by atoms with E-state index in [1.54, 1.807) is 0 Å². The number of hydrogen-bond acceptors (Lipinski definition) is 5. The molecule has 2 unspecified atom stereocenters. The van der Waals surface area contributed by atoms with Gasteiger partial charge < -0.3 is 20.3 Å². The number of carbonyl (C=O) groups is 2. The molecule has 6 heteroatoms. The van der Waals surface area contributed by atoms with Crippen LogP contribution in [0.15, 0.2) is 24.3 Å². The van der Waals surface area contributed by atoms with Gasteiger partial charge in [0.2, 0.25) is 5.91 Å². The molecule has 0 aromatic carbocycles. The molecule has 0 saturated carbocycles. The van der Waals surface area contributed by atoms with Crippen LogP contribution in [0.1, 0.15) is 431 Å². The van der Waals surface area contributed by atoms with Crippen molar-refractivity contribution in [3.05, 3.63) is 24.3 Å². The van der Waals surface area contributed by atoms with Gasteiger partial charge in [-0.15, -0.1) is 0 Å². The minimum Gasteiger partial charge on any atom is -0.466 e. The zero-order valence-electron chi connectivity index (χ0n) is 56.5. The fourth-order valence-electron chi connectivity index (χ4n) is 12.2. The molecule has 0 aliphatic carbocycles. The fraction of sp³-hybridized carbons (Fsp3) is 0.922. The highest BCUT2D eigenvalue weighted by atomic mass is 16.5. The molecule has 0 rings (SSSR count). The molecule has 0 spiro atoms. The highest BCUT2D eigenvalue weighted by molar-refractivity contribution is 5.76. The maximum absolute atomic E-state index is 12.6. The van der Waals surface area contributed by atoms with Gasteiger partial charge >= 0.3 is 5.97 Å². The molecule has 492 valence electrons. The van der Waals surface area contributed by atoms with Gasteiger partial charge in [-0.2, -0.15) is 0 Å². The smallest absolute Gasteiger partial charge is 0.305 e. The summed E-state index contributed by atoms with van der Waals surface area (Å²) in [6.07, 6.45) is 92.4. The predicted octanol–water partition coefficient (Wildman–Crippen LogP) is 24.9. The molecule has 0 fully saturated rings. The van der Waals surface area contributed by atoms with Crippen molar-refractivity contribution in [2.75, 3.05) is 13.2 Å². The van der Waals surface area contributed by atoms with Gasteiger partial charge in [0.15, 0.2) is 0 Å². The average Bonchev–Trinajstić information content (AvgIpc) is 3.49. The molecule has 0 heterocycles. The summed E-state index contributed by atoms with van der Waals surface area (Å²) in [5.41, 5.74) is 0. The lowest BCUT2D eigenvalue weighted by atomic mass is 10.0. The highest BCUT2D eigenvalue weighted by Crippen LogP contribution is 2.19. The van der Waals surface area contributed by atoms with Gasteiger partial charge in [-0.05, 0) is 77.0 Å². The van der Waals surface area contributed by atoms with Crippen molar-refractivity contribution in [2.45, 2.75) is 443 Å². The number of hydrogen-bond donors (Lipinski definition) is 3. The normalized spacial score (nSPS) is 12.6. The average molecular weight is 1170 g/mol. The molecule has 6 nitrogen and oxygen atoms in total. The Balaban J connectivity index is 3.39. The summed E-state index contributed by atoms with van der Waals surface area (Å²) in [4.78, 5) is 24.7. The minimum atomic E-state index is -0.670. The number of ether oxygens (including phenoxy) is 1. The number of aliphatic hydroxyl groups is 2. The third-order valence-corrected chi connectivity index (χ3v) is 18.0. The van der Waals surface area contributed by atoms with Gasteiger partial charge in [0.1, 0.15) is 0 Å². The number of esters is 1. The summed E-state index contributed by atoms with van der Waals surface area (Å²) in [6.45, 7) is 4.99. The van der Waals surface area contributed by atoms with E-state index in [2.05, 4.69) is 43.5 Å². The molecule has 0 aliphatic heterocycles. The van der Waals surface area contributed by atoms with Crippen molar-refractivity contribution >= 4 is 11.9 Å².